The number of nitrogens with zero attached hydrogens (tertiary/aromatic N) is 1. The van der Waals surface area contributed by atoms with Crippen LogP contribution in [0.5, 0.6) is 0 Å². The van der Waals surface area contributed by atoms with Gasteiger partial charge in [-0.15, -0.1) is 0 Å². The lowest BCUT2D eigenvalue weighted by Crippen LogP contribution is -2.38. The zero-order valence-electron chi connectivity index (χ0n) is 14.9. The number of rotatable bonds is 7. The normalized spacial score (nSPS) is 10.2. The number of amides is 2. The van der Waals surface area contributed by atoms with Crippen LogP contribution in [0.2, 0.25) is 0 Å². The summed E-state index contributed by atoms with van der Waals surface area (Å²) < 4.78 is 0. The molecule has 0 aliphatic carbocycles. The lowest BCUT2D eigenvalue weighted by atomic mass is 10.1. The minimum atomic E-state index is -1.11. The molecule has 0 radical (unpaired) electrons. The Bertz CT molecular complexity index is 803. The summed E-state index contributed by atoms with van der Waals surface area (Å²) in [5.41, 5.74) is 2.11. The molecule has 0 saturated heterocycles. The number of anilines is 1. The summed E-state index contributed by atoms with van der Waals surface area (Å²) in [6.45, 7) is 3.47. The Morgan fingerprint density at radius 3 is 2.38 bits per heavy atom. The first-order valence-corrected chi connectivity index (χ1v) is 8.30. The van der Waals surface area contributed by atoms with Crippen LogP contribution < -0.4 is 5.32 Å². The second-order valence-electron chi connectivity index (χ2n) is 6.08. The maximum Gasteiger partial charge on any atom is 0.337 e. The van der Waals surface area contributed by atoms with Crippen LogP contribution in [-0.4, -0.2) is 40.9 Å². The van der Waals surface area contributed by atoms with Gasteiger partial charge < -0.3 is 15.3 Å². The molecule has 0 atom stereocenters. The Morgan fingerprint density at radius 2 is 1.77 bits per heavy atom. The monoisotopic (exact) mass is 354 g/mol. The SMILES string of the molecule is CC(=O)N(CCc1ccccc1)CC(=O)Nc1ccc(C)cc1C(=O)O. The van der Waals surface area contributed by atoms with Crippen molar-refractivity contribution in [1.29, 1.82) is 0 Å². The smallest absolute Gasteiger partial charge is 0.337 e. The van der Waals surface area contributed by atoms with Crippen molar-refractivity contribution in [2.45, 2.75) is 20.3 Å². The fourth-order valence-corrected chi connectivity index (χ4v) is 2.56. The van der Waals surface area contributed by atoms with Crippen LogP contribution in [0.15, 0.2) is 48.5 Å². The molecule has 2 aromatic rings. The van der Waals surface area contributed by atoms with Gasteiger partial charge in [0.1, 0.15) is 0 Å². The zero-order chi connectivity index (χ0) is 19.1. The lowest BCUT2D eigenvalue weighted by molar-refractivity contribution is -0.132. The highest BCUT2D eigenvalue weighted by Crippen LogP contribution is 2.17. The summed E-state index contributed by atoms with van der Waals surface area (Å²) in [4.78, 5) is 36.9. The van der Waals surface area contributed by atoms with Gasteiger partial charge in [0, 0.05) is 13.5 Å². The van der Waals surface area contributed by atoms with Crippen molar-refractivity contribution in [3.8, 4) is 0 Å². The number of aromatic carboxylic acids is 1. The van der Waals surface area contributed by atoms with Gasteiger partial charge in [0.05, 0.1) is 17.8 Å². The highest BCUT2D eigenvalue weighted by molar-refractivity contribution is 6.01. The van der Waals surface area contributed by atoms with E-state index in [-0.39, 0.29) is 23.7 Å². The second-order valence-corrected chi connectivity index (χ2v) is 6.08. The number of carbonyl (C=O) groups excluding carboxylic acids is 2. The molecular formula is C20H22N2O4. The van der Waals surface area contributed by atoms with E-state index in [0.717, 1.165) is 11.1 Å². The first kappa shape index (κ1) is 19.2. The molecular weight excluding hydrogens is 332 g/mol. The Morgan fingerprint density at radius 1 is 1.08 bits per heavy atom. The van der Waals surface area contributed by atoms with Crippen LogP contribution in [0.25, 0.3) is 0 Å². The van der Waals surface area contributed by atoms with Gasteiger partial charge in [0.25, 0.3) is 0 Å². The average Bonchev–Trinajstić information content (AvgIpc) is 2.60. The topological polar surface area (TPSA) is 86.7 Å². The quantitative estimate of drug-likeness (QED) is 0.800. The van der Waals surface area contributed by atoms with Gasteiger partial charge >= 0.3 is 5.97 Å². The van der Waals surface area contributed by atoms with Crippen LogP contribution in [0, 0.1) is 6.92 Å². The minimum absolute atomic E-state index is 0.0250. The van der Waals surface area contributed by atoms with Crippen molar-refractivity contribution < 1.29 is 19.5 Å². The third-order valence-electron chi connectivity index (χ3n) is 3.97. The number of aryl methyl sites for hydroxylation is 1. The molecule has 2 aromatic carbocycles. The zero-order valence-corrected chi connectivity index (χ0v) is 14.9. The van der Waals surface area contributed by atoms with Gasteiger partial charge in [-0.3, -0.25) is 9.59 Å². The summed E-state index contributed by atoms with van der Waals surface area (Å²) in [5.74, 6) is -1.76. The standard InChI is InChI=1S/C20H22N2O4/c1-14-8-9-18(17(12-14)20(25)26)21-19(24)13-22(15(2)23)11-10-16-6-4-3-5-7-16/h3-9,12H,10-11,13H2,1-2H3,(H,21,24)(H,25,26). The Balaban J connectivity index is 2.02. The van der Waals surface area contributed by atoms with Gasteiger partial charge in [-0.2, -0.15) is 0 Å². The molecule has 0 unspecified atom stereocenters. The second kappa shape index (κ2) is 8.80. The van der Waals surface area contributed by atoms with E-state index in [2.05, 4.69) is 5.32 Å². The van der Waals surface area contributed by atoms with Gasteiger partial charge in [-0.05, 0) is 31.0 Å². The van der Waals surface area contributed by atoms with E-state index < -0.39 is 11.9 Å². The number of carboxylic acids is 1. The molecule has 0 aromatic heterocycles. The van der Waals surface area contributed by atoms with Gasteiger partial charge in [-0.25, -0.2) is 4.79 Å². The number of carbonyl (C=O) groups is 3. The Hall–Kier alpha value is -3.15. The molecule has 2 amide bonds. The van der Waals surface area contributed by atoms with Crippen molar-refractivity contribution >= 4 is 23.5 Å². The van der Waals surface area contributed by atoms with E-state index in [4.69, 9.17) is 0 Å². The molecule has 136 valence electrons. The number of carboxylic acid groups (broad SMARTS) is 1. The van der Waals surface area contributed by atoms with E-state index in [9.17, 15) is 19.5 Å². The maximum atomic E-state index is 12.3. The first-order valence-electron chi connectivity index (χ1n) is 8.30. The summed E-state index contributed by atoms with van der Waals surface area (Å²) in [7, 11) is 0. The van der Waals surface area contributed by atoms with Gasteiger partial charge in [-0.1, -0.05) is 42.0 Å². The van der Waals surface area contributed by atoms with Crippen molar-refractivity contribution in [2.24, 2.45) is 0 Å². The van der Waals surface area contributed by atoms with Gasteiger partial charge in [0.2, 0.25) is 11.8 Å². The fraction of sp³-hybridized carbons (Fsp3) is 0.250. The third-order valence-corrected chi connectivity index (χ3v) is 3.97. The lowest BCUT2D eigenvalue weighted by Gasteiger charge is -2.21. The van der Waals surface area contributed by atoms with Crippen LogP contribution in [-0.2, 0) is 16.0 Å². The van der Waals surface area contributed by atoms with E-state index in [1.807, 2.05) is 30.3 Å². The molecule has 0 heterocycles. The van der Waals surface area contributed by atoms with Crippen LogP contribution in [0.3, 0.4) is 0 Å². The number of hydrogen-bond donors (Lipinski definition) is 2. The van der Waals surface area contributed by atoms with E-state index >= 15 is 0 Å². The van der Waals surface area contributed by atoms with Crippen LogP contribution in [0.1, 0.15) is 28.4 Å². The van der Waals surface area contributed by atoms with E-state index in [1.54, 1.807) is 19.1 Å². The Labute approximate surface area is 152 Å². The molecule has 0 aliphatic rings. The number of benzene rings is 2. The highest BCUT2D eigenvalue weighted by atomic mass is 16.4. The molecule has 0 aliphatic heterocycles. The predicted molar refractivity (Wildman–Crippen MR) is 99.2 cm³/mol. The molecule has 0 saturated carbocycles. The molecule has 0 fully saturated rings. The number of nitrogens with one attached hydrogen (secondary N) is 1. The summed E-state index contributed by atoms with van der Waals surface area (Å²) in [5, 5.41) is 11.9. The first-order chi connectivity index (χ1) is 12.4. The predicted octanol–water partition coefficient (Wildman–Crippen LogP) is 2.72. The molecule has 0 bridgehead atoms. The van der Waals surface area contributed by atoms with Crippen molar-refractivity contribution in [1.82, 2.24) is 4.90 Å². The Kier molecular flexibility index (Phi) is 6.49. The van der Waals surface area contributed by atoms with E-state index in [0.29, 0.717) is 13.0 Å². The molecule has 26 heavy (non-hydrogen) atoms. The summed E-state index contributed by atoms with van der Waals surface area (Å²) in [6, 6.07) is 14.5. The maximum absolute atomic E-state index is 12.3. The molecule has 0 spiro atoms. The molecule has 2 rings (SSSR count). The van der Waals surface area contributed by atoms with Crippen molar-refractivity contribution in [3.63, 3.8) is 0 Å². The summed E-state index contributed by atoms with van der Waals surface area (Å²) in [6.07, 6.45) is 0.638. The minimum Gasteiger partial charge on any atom is -0.478 e. The molecule has 2 N–H and O–H groups in total. The van der Waals surface area contributed by atoms with Crippen molar-refractivity contribution in [2.75, 3.05) is 18.4 Å². The third kappa shape index (κ3) is 5.44. The van der Waals surface area contributed by atoms with Crippen molar-refractivity contribution in [3.05, 3.63) is 65.2 Å². The van der Waals surface area contributed by atoms with E-state index in [1.165, 1.54) is 17.9 Å². The number of hydrogen-bond acceptors (Lipinski definition) is 3. The average molecular weight is 354 g/mol. The summed E-state index contributed by atoms with van der Waals surface area (Å²) >= 11 is 0. The van der Waals surface area contributed by atoms with Gasteiger partial charge in [0.15, 0.2) is 0 Å². The fourth-order valence-electron chi connectivity index (χ4n) is 2.56. The van der Waals surface area contributed by atoms with Crippen LogP contribution >= 0.6 is 0 Å². The largest absolute Gasteiger partial charge is 0.478 e. The molecule has 6 heteroatoms. The molecule has 6 nitrogen and oxygen atoms in total. The van der Waals surface area contributed by atoms with Crippen LogP contribution in [0.4, 0.5) is 5.69 Å². The highest BCUT2D eigenvalue weighted by Gasteiger charge is 2.17.